The summed E-state index contributed by atoms with van der Waals surface area (Å²) < 4.78 is 34.2. The number of urea groups is 1. The molecule has 1 heterocycles. The third-order valence-corrected chi connectivity index (χ3v) is 8.70. The molecule has 3 atom stereocenters. The van der Waals surface area contributed by atoms with Gasteiger partial charge in [-0.05, 0) is 43.3 Å². The van der Waals surface area contributed by atoms with Gasteiger partial charge in [0.25, 0.3) is 5.91 Å². The minimum absolute atomic E-state index is 0.0160. The van der Waals surface area contributed by atoms with Gasteiger partial charge in [0.1, 0.15) is 6.10 Å². The van der Waals surface area contributed by atoms with Gasteiger partial charge in [-0.1, -0.05) is 49.4 Å². The quantitative estimate of drug-likeness (QED) is 0.380. The van der Waals surface area contributed by atoms with Crippen molar-refractivity contribution < 1.29 is 27.9 Å². The maximum Gasteiger partial charge on any atom is 0.323 e. The zero-order chi connectivity index (χ0) is 28.9. The molecule has 11 heteroatoms. The summed E-state index contributed by atoms with van der Waals surface area (Å²) in [6.07, 6.45) is -0.691. The monoisotopic (exact) mass is 566 g/mol. The number of sulfonamides is 1. The summed E-state index contributed by atoms with van der Waals surface area (Å²) in [5, 5.41) is 15.4. The number of nitrogens with zero attached hydrogens (tertiary/aromatic N) is 2. The number of carbonyl (C=O) groups is 2. The van der Waals surface area contributed by atoms with Crippen LogP contribution >= 0.6 is 0 Å². The SMILES string of the molecule is C[C@H]1CN([C@@H](C)CO)C(=O)c2cccc(NC(=O)Nc3ccccc3)c2O[C@H]1CN(C)S(=O)(=O)c1ccccc1. The van der Waals surface area contributed by atoms with Crippen LogP contribution in [-0.4, -0.2) is 73.6 Å². The maximum atomic E-state index is 13.6. The molecule has 3 N–H and O–H groups in total. The summed E-state index contributed by atoms with van der Waals surface area (Å²) in [7, 11) is -2.34. The zero-order valence-electron chi connectivity index (χ0n) is 22.7. The molecule has 3 aromatic carbocycles. The first-order valence-corrected chi connectivity index (χ1v) is 14.4. The number of hydrogen-bond donors (Lipinski definition) is 3. The average molecular weight is 567 g/mol. The summed E-state index contributed by atoms with van der Waals surface area (Å²) in [5.74, 6) is -0.558. The third kappa shape index (κ3) is 6.44. The molecule has 0 saturated heterocycles. The molecule has 0 fully saturated rings. The molecule has 212 valence electrons. The van der Waals surface area contributed by atoms with Crippen molar-refractivity contribution in [3.8, 4) is 5.75 Å². The van der Waals surface area contributed by atoms with E-state index in [1.807, 2.05) is 13.0 Å². The van der Waals surface area contributed by atoms with Gasteiger partial charge in [0.05, 0.1) is 35.3 Å². The van der Waals surface area contributed by atoms with E-state index >= 15 is 0 Å². The summed E-state index contributed by atoms with van der Waals surface area (Å²) in [5.41, 5.74) is 1.03. The van der Waals surface area contributed by atoms with Gasteiger partial charge in [-0.25, -0.2) is 13.2 Å². The Labute approximate surface area is 234 Å². The predicted molar refractivity (Wildman–Crippen MR) is 153 cm³/mol. The molecule has 0 radical (unpaired) electrons. The molecule has 0 saturated carbocycles. The number of benzene rings is 3. The van der Waals surface area contributed by atoms with Crippen molar-refractivity contribution in [3.05, 3.63) is 84.4 Å². The molecule has 4 rings (SSSR count). The van der Waals surface area contributed by atoms with Crippen molar-refractivity contribution in [1.82, 2.24) is 9.21 Å². The van der Waals surface area contributed by atoms with Gasteiger partial charge >= 0.3 is 6.03 Å². The molecule has 1 aliphatic heterocycles. The molecular weight excluding hydrogens is 532 g/mol. The Morgan fingerprint density at radius 1 is 1.05 bits per heavy atom. The number of carbonyl (C=O) groups excluding carboxylic acids is 2. The Kier molecular flexibility index (Phi) is 9.08. The minimum atomic E-state index is -3.82. The fraction of sp³-hybridized carbons (Fsp3) is 0.310. The average Bonchev–Trinajstić information content (AvgIpc) is 2.95. The number of anilines is 2. The first kappa shape index (κ1) is 29.1. The lowest BCUT2D eigenvalue weighted by molar-refractivity contribution is 0.0389. The van der Waals surface area contributed by atoms with Crippen LogP contribution in [0.2, 0.25) is 0 Å². The lowest BCUT2D eigenvalue weighted by atomic mass is 9.99. The number of fused-ring (bicyclic) bond motifs is 1. The van der Waals surface area contributed by atoms with E-state index in [1.54, 1.807) is 72.5 Å². The van der Waals surface area contributed by atoms with E-state index < -0.39 is 28.2 Å². The number of amides is 3. The number of aliphatic hydroxyl groups is 1. The van der Waals surface area contributed by atoms with E-state index in [0.717, 1.165) is 0 Å². The summed E-state index contributed by atoms with van der Waals surface area (Å²) in [4.78, 5) is 28.2. The molecule has 0 bridgehead atoms. The van der Waals surface area contributed by atoms with Crippen molar-refractivity contribution in [1.29, 1.82) is 0 Å². The van der Waals surface area contributed by atoms with Crippen LogP contribution in [0.15, 0.2) is 83.8 Å². The topological polar surface area (TPSA) is 128 Å². The molecule has 10 nitrogen and oxygen atoms in total. The second-order valence-electron chi connectivity index (χ2n) is 9.85. The molecule has 0 aromatic heterocycles. The third-order valence-electron chi connectivity index (χ3n) is 6.86. The fourth-order valence-corrected chi connectivity index (χ4v) is 5.69. The summed E-state index contributed by atoms with van der Waals surface area (Å²) in [6.45, 7) is 3.57. The van der Waals surface area contributed by atoms with E-state index in [9.17, 15) is 23.1 Å². The Hall–Kier alpha value is -3.93. The molecule has 0 unspecified atom stereocenters. The van der Waals surface area contributed by atoms with E-state index in [0.29, 0.717) is 5.69 Å². The molecule has 0 aliphatic carbocycles. The van der Waals surface area contributed by atoms with Crippen molar-refractivity contribution in [2.75, 3.05) is 37.4 Å². The van der Waals surface area contributed by atoms with Crippen LogP contribution in [0.1, 0.15) is 24.2 Å². The van der Waals surface area contributed by atoms with Gasteiger partial charge in [-0.15, -0.1) is 0 Å². The highest BCUT2D eigenvalue weighted by Crippen LogP contribution is 2.35. The van der Waals surface area contributed by atoms with Crippen molar-refractivity contribution in [2.24, 2.45) is 5.92 Å². The number of rotatable bonds is 8. The Bertz CT molecular complexity index is 1440. The minimum Gasteiger partial charge on any atom is -0.486 e. The second kappa shape index (κ2) is 12.5. The standard InChI is InChI=1S/C29H34N4O6S/c1-20-17-33(21(2)19-34)28(35)24-15-10-16-25(31-29(36)30-22-11-6-4-7-12-22)27(24)39-26(20)18-32(3)40(37,38)23-13-8-5-9-14-23/h4-16,20-21,26,34H,17-19H2,1-3H3,(H2,30,31,36)/t20-,21-,26-/m0/s1. The number of aliphatic hydroxyl groups excluding tert-OH is 1. The molecule has 1 aliphatic rings. The smallest absolute Gasteiger partial charge is 0.323 e. The Morgan fingerprint density at radius 3 is 2.35 bits per heavy atom. The van der Waals surface area contributed by atoms with Gasteiger partial charge in [0.2, 0.25) is 10.0 Å². The Balaban J connectivity index is 1.69. The van der Waals surface area contributed by atoms with Crippen LogP contribution in [0.4, 0.5) is 16.2 Å². The lowest BCUT2D eigenvalue weighted by Gasteiger charge is -2.38. The van der Waals surface area contributed by atoms with Crippen molar-refractivity contribution in [3.63, 3.8) is 0 Å². The van der Waals surface area contributed by atoms with Crippen LogP contribution in [0.25, 0.3) is 0 Å². The highest BCUT2D eigenvalue weighted by Gasteiger charge is 2.36. The number of likely N-dealkylation sites (N-methyl/N-ethyl adjacent to an activating group) is 1. The first-order chi connectivity index (χ1) is 19.1. The number of nitrogens with one attached hydrogen (secondary N) is 2. The molecular formula is C29H34N4O6S. The summed E-state index contributed by atoms with van der Waals surface area (Å²) in [6, 6.07) is 20.8. The lowest BCUT2D eigenvalue weighted by Crippen LogP contribution is -2.50. The van der Waals surface area contributed by atoms with Crippen molar-refractivity contribution >= 4 is 33.3 Å². The Morgan fingerprint density at radius 2 is 1.70 bits per heavy atom. The summed E-state index contributed by atoms with van der Waals surface area (Å²) >= 11 is 0. The van der Waals surface area contributed by atoms with E-state index in [2.05, 4.69) is 10.6 Å². The molecule has 3 amide bonds. The second-order valence-corrected chi connectivity index (χ2v) is 11.9. The van der Waals surface area contributed by atoms with Gasteiger partial charge in [0.15, 0.2) is 5.75 Å². The zero-order valence-corrected chi connectivity index (χ0v) is 23.5. The van der Waals surface area contributed by atoms with E-state index in [4.69, 9.17) is 4.74 Å². The normalized spacial score (nSPS) is 18.2. The van der Waals surface area contributed by atoms with Crippen LogP contribution in [0.5, 0.6) is 5.75 Å². The maximum absolute atomic E-state index is 13.6. The van der Waals surface area contributed by atoms with Gasteiger partial charge < -0.3 is 25.4 Å². The van der Waals surface area contributed by atoms with Gasteiger partial charge in [-0.2, -0.15) is 4.31 Å². The van der Waals surface area contributed by atoms with Gasteiger partial charge in [-0.3, -0.25) is 4.79 Å². The number of hydrogen-bond acceptors (Lipinski definition) is 6. The van der Waals surface area contributed by atoms with Crippen LogP contribution in [0, 0.1) is 5.92 Å². The highest BCUT2D eigenvalue weighted by molar-refractivity contribution is 7.89. The fourth-order valence-electron chi connectivity index (χ4n) is 4.49. The molecule has 40 heavy (non-hydrogen) atoms. The predicted octanol–water partition coefficient (Wildman–Crippen LogP) is 3.87. The molecule has 3 aromatic rings. The van der Waals surface area contributed by atoms with Gasteiger partial charge in [0, 0.05) is 25.2 Å². The van der Waals surface area contributed by atoms with Crippen molar-refractivity contribution in [2.45, 2.75) is 30.9 Å². The van der Waals surface area contributed by atoms with E-state index in [1.165, 1.54) is 23.5 Å². The van der Waals surface area contributed by atoms with Crippen LogP contribution < -0.4 is 15.4 Å². The van der Waals surface area contributed by atoms with E-state index in [-0.39, 0.29) is 53.4 Å². The highest BCUT2D eigenvalue weighted by atomic mass is 32.2. The first-order valence-electron chi connectivity index (χ1n) is 13.0. The van der Waals surface area contributed by atoms with Crippen LogP contribution in [0.3, 0.4) is 0 Å². The molecule has 0 spiro atoms. The number of para-hydroxylation sites is 2. The van der Waals surface area contributed by atoms with Crippen LogP contribution in [-0.2, 0) is 10.0 Å². The number of ether oxygens (including phenoxy) is 1. The largest absolute Gasteiger partial charge is 0.486 e.